The average molecular weight is 680 g/mol. The van der Waals surface area contributed by atoms with E-state index in [1.54, 1.807) is 4.90 Å². The highest BCUT2D eigenvalue weighted by Gasteiger charge is 2.43. The molecule has 3 amide bonds. The van der Waals surface area contributed by atoms with Crippen molar-refractivity contribution in [2.24, 2.45) is 5.92 Å². The van der Waals surface area contributed by atoms with E-state index >= 15 is 0 Å². The van der Waals surface area contributed by atoms with Gasteiger partial charge in [0.05, 0.1) is 39.1 Å². The molecule has 0 spiro atoms. The molecule has 4 aromatic rings. The van der Waals surface area contributed by atoms with Crippen LogP contribution in [0.4, 0.5) is 9.59 Å². The van der Waals surface area contributed by atoms with Gasteiger partial charge in [-0.2, -0.15) is 0 Å². The van der Waals surface area contributed by atoms with Crippen LogP contribution >= 0.6 is 0 Å². The van der Waals surface area contributed by atoms with Gasteiger partial charge in [-0.05, 0) is 66.4 Å². The first-order valence-corrected chi connectivity index (χ1v) is 17.7. The summed E-state index contributed by atoms with van der Waals surface area (Å²) in [6, 6.07) is 32.9. The van der Waals surface area contributed by atoms with Gasteiger partial charge in [0.2, 0.25) is 0 Å². The standard InChI is InChI=1S/C41H49N3O6/c1-41(2,3)50-40(46)44-26-35(25-43-21-20-42-39(43)45)38(37(27-44)49-29-31-14-15-32-12-7-8-13-34(32)24-31)33-16-18-36(19-17-33)48-23-9-22-47-28-30-10-5-4-6-11-30/h4-8,10-19,24,35,37-38H,9,20-23,25-29H2,1-3H3,(H,42,45). The molecule has 9 nitrogen and oxygen atoms in total. The summed E-state index contributed by atoms with van der Waals surface area (Å²) in [6.45, 7) is 10.3. The number of hydrogen-bond donors (Lipinski definition) is 1. The second-order valence-corrected chi connectivity index (χ2v) is 14.2. The normalized spacial score (nSPS) is 19.4. The van der Waals surface area contributed by atoms with Crippen LogP contribution in [-0.2, 0) is 27.4 Å². The van der Waals surface area contributed by atoms with Crippen molar-refractivity contribution in [2.75, 3.05) is 45.9 Å². The lowest BCUT2D eigenvalue weighted by molar-refractivity contribution is -0.0551. The Morgan fingerprint density at radius 2 is 1.60 bits per heavy atom. The topological polar surface area (TPSA) is 89.6 Å². The molecule has 264 valence electrons. The molecule has 0 bridgehead atoms. The van der Waals surface area contributed by atoms with Crippen molar-refractivity contribution in [1.82, 2.24) is 15.1 Å². The molecule has 0 saturated carbocycles. The summed E-state index contributed by atoms with van der Waals surface area (Å²) < 4.78 is 24.5. The van der Waals surface area contributed by atoms with Crippen molar-refractivity contribution in [3.8, 4) is 5.75 Å². The molecule has 0 radical (unpaired) electrons. The zero-order valence-electron chi connectivity index (χ0n) is 29.4. The molecular formula is C41H49N3O6. The Balaban J connectivity index is 1.18. The van der Waals surface area contributed by atoms with Crippen LogP contribution in [0.15, 0.2) is 97.1 Å². The van der Waals surface area contributed by atoms with E-state index in [4.69, 9.17) is 18.9 Å². The molecule has 3 unspecified atom stereocenters. The summed E-state index contributed by atoms with van der Waals surface area (Å²) in [5.41, 5.74) is 2.66. The number of likely N-dealkylation sites (tertiary alicyclic amines) is 1. The van der Waals surface area contributed by atoms with E-state index in [0.29, 0.717) is 59.2 Å². The predicted octanol–water partition coefficient (Wildman–Crippen LogP) is 7.39. The predicted molar refractivity (Wildman–Crippen MR) is 194 cm³/mol. The number of fused-ring (bicyclic) bond motifs is 1. The SMILES string of the molecule is CC(C)(C)OC(=O)N1CC(CN2CCNC2=O)C(c2ccc(OCCCOCc3ccccc3)cc2)C(OCc2ccc3ccccc3c2)C1. The lowest BCUT2D eigenvalue weighted by Gasteiger charge is -2.45. The molecule has 2 heterocycles. The second-order valence-electron chi connectivity index (χ2n) is 14.2. The third kappa shape index (κ3) is 9.55. The number of amides is 3. The van der Waals surface area contributed by atoms with Gasteiger partial charge in [-0.1, -0.05) is 78.9 Å². The molecule has 2 aliphatic heterocycles. The Bertz CT molecular complexity index is 1710. The molecule has 6 rings (SSSR count). The van der Waals surface area contributed by atoms with Crippen molar-refractivity contribution in [3.05, 3.63) is 114 Å². The highest BCUT2D eigenvalue weighted by Crippen LogP contribution is 2.38. The van der Waals surface area contributed by atoms with Crippen LogP contribution in [0.5, 0.6) is 5.75 Å². The molecule has 0 aliphatic carbocycles. The van der Waals surface area contributed by atoms with Gasteiger partial charge in [0.1, 0.15) is 11.4 Å². The Morgan fingerprint density at radius 3 is 2.34 bits per heavy atom. The van der Waals surface area contributed by atoms with Gasteiger partial charge in [-0.25, -0.2) is 9.59 Å². The minimum Gasteiger partial charge on any atom is -0.494 e. The quantitative estimate of drug-likeness (QED) is 0.148. The Labute approximate surface area is 295 Å². The van der Waals surface area contributed by atoms with Crippen molar-refractivity contribution < 1.29 is 28.5 Å². The Hall–Kier alpha value is -4.60. The number of rotatable bonds is 13. The fourth-order valence-corrected chi connectivity index (χ4v) is 6.80. The van der Waals surface area contributed by atoms with Crippen LogP contribution in [0.25, 0.3) is 10.8 Å². The van der Waals surface area contributed by atoms with Crippen molar-refractivity contribution in [2.45, 2.75) is 58.0 Å². The highest BCUT2D eigenvalue weighted by molar-refractivity contribution is 5.83. The van der Waals surface area contributed by atoms with Gasteiger partial charge >= 0.3 is 12.1 Å². The van der Waals surface area contributed by atoms with Crippen LogP contribution in [0.1, 0.15) is 49.8 Å². The molecule has 2 aliphatic rings. The van der Waals surface area contributed by atoms with E-state index in [2.05, 4.69) is 59.9 Å². The van der Waals surface area contributed by atoms with Crippen LogP contribution < -0.4 is 10.1 Å². The van der Waals surface area contributed by atoms with Crippen LogP contribution in [0.3, 0.4) is 0 Å². The zero-order valence-corrected chi connectivity index (χ0v) is 29.4. The third-order valence-electron chi connectivity index (χ3n) is 9.17. The molecule has 50 heavy (non-hydrogen) atoms. The van der Waals surface area contributed by atoms with E-state index in [1.807, 2.05) is 68.1 Å². The number of carbonyl (C=O) groups is 2. The van der Waals surface area contributed by atoms with Gasteiger partial charge in [0, 0.05) is 44.4 Å². The maximum Gasteiger partial charge on any atom is 0.410 e. The lowest BCUT2D eigenvalue weighted by atomic mass is 9.78. The fraction of sp³-hybridized carbons (Fsp3) is 0.415. The molecule has 0 aromatic heterocycles. The van der Waals surface area contributed by atoms with Crippen LogP contribution in [-0.4, -0.2) is 79.6 Å². The summed E-state index contributed by atoms with van der Waals surface area (Å²) in [7, 11) is 0. The number of nitrogens with zero attached hydrogens (tertiary/aromatic N) is 2. The molecule has 3 atom stereocenters. The number of hydrogen-bond acceptors (Lipinski definition) is 6. The van der Waals surface area contributed by atoms with E-state index < -0.39 is 5.60 Å². The van der Waals surface area contributed by atoms with Gasteiger partial charge in [-0.15, -0.1) is 0 Å². The Morgan fingerprint density at radius 1 is 0.840 bits per heavy atom. The number of urea groups is 1. The van der Waals surface area contributed by atoms with E-state index in [1.165, 1.54) is 5.39 Å². The lowest BCUT2D eigenvalue weighted by Crippen LogP contribution is -2.54. The second kappa shape index (κ2) is 16.4. The monoisotopic (exact) mass is 679 g/mol. The van der Waals surface area contributed by atoms with Gasteiger partial charge in [0.15, 0.2) is 0 Å². The minimum atomic E-state index is -0.635. The van der Waals surface area contributed by atoms with E-state index in [-0.39, 0.29) is 30.1 Å². The van der Waals surface area contributed by atoms with E-state index in [9.17, 15) is 9.59 Å². The summed E-state index contributed by atoms with van der Waals surface area (Å²) in [4.78, 5) is 29.8. The molecule has 4 aromatic carbocycles. The third-order valence-corrected chi connectivity index (χ3v) is 9.17. The molecule has 1 N–H and O–H groups in total. The molecule has 2 fully saturated rings. The maximum absolute atomic E-state index is 13.5. The number of ether oxygens (including phenoxy) is 4. The minimum absolute atomic E-state index is 0.0803. The summed E-state index contributed by atoms with van der Waals surface area (Å²) in [5.74, 6) is 0.616. The summed E-state index contributed by atoms with van der Waals surface area (Å²) in [6.07, 6.45) is 0.0668. The van der Waals surface area contributed by atoms with Crippen molar-refractivity contribution in [1.29, 1.82) is 0 Å². The van der Waals surface area contributed by atoms with Crippen molar-refractivity contribution in [3.63, 3.8) is 0 Å². The average Bonchev–Trinajstić information content (AvgIpc) is 3.52. The van der Waals surface area contributed by atoms with E-state index in [0.717, 1.165) is 34.2 Å². The fourth-order valence-electron chi connectivity index (χ4n) is 6.80. The Kier molecular flexibility index (Phi) is 11.6. The number of carbonyl (C=O) groups excluding carboxylic acids is 2. The first-order chi connectivity index (χ1) is 24.2. The molecule has 9 heteroatoms. The van der Waals surface area contributed by atoms with Gasteiger partial charge in [0.25, 0.3) is 0 Å². The number of piperidine rings is 1. The number of benzene rings is 4. The highest BCUT2D eigenvalue weighted by atomic mass is 16.6. The van der Waals surface area contributed by atoms with Crippen LogP contribution in [0, 0.1) is 5.92 Å². The smallest absolute Gasteiger partial charge is 0.410 e. The van der Waals surface area contributed by atoms with Crippen molar-refractivity contribution >= 4 is 22.9 Å². The largest absolute Gasteiger partial charge is 0.494 e. The van der Waals surface area contributed by atoms with Crippen LogP contribution in [0.2, 0.25) is 0 Å². The first kappa shape index (κ1) is 35.2. The number of nitrogens with one attached hydrogen (secondary N) is 1. The maximum atomic E-state index is 13.5. The molecule has 2 saturated heterocycles. The van der Waals surface area contributed by atoms with Gasteiger partial charge < -0.3 is 34.1 Å². The summed E-state index contributed by atoms with van der Waals surface area (Å²) in [5, 5.41) is 5.25. The summed E-state index contributed by atoms with van der Waals surface area (Å²) >= 11 is 0. The van der Waals surface area contributed by atoms with Gasteiger partial charge in [-0.3, -0.25) is 0 Å². The first-order valence-electron chi connectivity index (χ1n) is 17.7. The molecular weight excluding hydrogens is 630 g/mol. The zero-order chi connectivity index (χ0) is 34.9.